The van der Waals surface area contributed by atoms with Crippen LogP contribution in [0.4, 0.5) is 5.13 Å². The van der Waals surface area contributed by atoms with Crippen molar-refractivity contribution in [3.63, 3.8) is 0 Å². The second-order valence-corrected chi connectivity index (χ2v) is 8.87. The van der Waals surface area contributed by atoms with E-state index in [1.165, 1.54) is 29.8 Å². The molecule has 0 aliphatic rings. The van der Waals surface area contributed by atoms with Crippen LogP contribution in [0.15, 0.2) is 46.0 Å². The van der Waals surface area contributed by atoms with E-state index in [1.807, 2.05) is 36.6 Å². The van der Waals surface area contributed by atoms with Gasteiger partial charge >= 0.3 is 0 Å². The first-order valence-electron chi connectivity index (χ1n) is 7.25. The van der Waals surface area contributed by atoms with Gasteiger partial charge in [0.1, 0.15) is 0 Å². The molecule has 2 aromatic heterocycles. The summed E-state index contributed by atoms with van der Waals surface area (Å²) in [5.74, 6) is -0.382. The molecule has 0 spiro atoms. The van der Waals surface area contributed by atoms with Crippen LogP contribution in [0.25, 0.3) is 11.3 Å². The van der Waals surface area contributed by atoms with Gasteiger partial charge < -0.3 is 0 Å². The predicted molar refractivity (Wildman–Crippen MR) is 101 cm³/mol. The van der Waals surface area contributed by atoms with Gasteiger partial charge in [-0.2, -0.15) is 0 Å². The molecule has 0 radical (unpaired) electrons. The van der Waals surface area contributed by atoms with Crippen molar-refractivity contribution in [2.75, 3.05) is 12.4 Å². The Morgan fingerprint density at radius 3 is 2.52 bits per heavy atom. The standard InChI is InChI=1S/C16H15N3O3S3/c1-10-3-5-11(6-4-10)13-9-24-16(18-13)19-15(20)14-7-12(8-23-14)25(21,22)17-2/h3-9,17H,1-2H3,(H,18,19,20). The molecule has 130 valence electrons. The third kappa shape index (κ3) is 3.96. The molecule has 0 saturated heterocycles. The average Bonchev–Trinajstić information content (AvgIpc) is 3.25. The zero-order chi connectivity index (χ0) is 18.0. The largest absolute Gasteiger partial charge is 0.297 e. The molecule has 2 N–H and O–H groups in total. The molecular formula is C16H15N3O3S3. The van der Waals surface area contributed by atoms with Crippen LogP contribution in [-0.4, -0.2) is 26.4 Å². The van der Waals surface area contributed by atoms with Gasteiger partial charge in [-0.25, -0.2) is 18.1 Å². The highest BCUT2D eigenvalue weighted by molar-refractivity contribution is 7.89. The van der Waals surface area contributed by atoms with Crippen LogP contribution in [0.2, 0.25) is 0 Å². The minimum absolute atomic E-state index is 0.0737. The summed E-state index contributed by atoms with van der Waals surface area (Å²) in [5.41, 5.74) is 2.92. The number of carbonyl (C=O) groups is 1. The van der Waals surface area contributed by atoms with Crippen molar-refractivity contribution >= 4 is 43.7 Å². The number of nitrogens with zero attached hydrogens (tertiary/aromatic N) is 1. The van der Waals surface area contributed by atoms with Crippen LogP contribution in [0, 0.1) is 6.92 Å². The number of anilines is 1. The molecule has 1 amide bonds. The lowest BCUT2D eigenvalue weighted by Gasteiger charge is -1.99. The molecule has 0 saturated carbocycles. The number of nitrogens with one attached hydrogen (secondary N) is 2. The van der Waals surface area contributed by atoms with Crippen molar-refractivity contribution in [2.24, 2.45) is 0 Å². The number of hydrogen-bond acceptors (Lipinski definition) is 6. The number of benzene rings is 1. The lowest BCUT2D eigenvalue weighted by atomic mass is 10.1. The van der Waals surface area contributed by atoms with Gasteiger partial charge in [0, 0.05) is 16.3 Å². The zero-order valence-corrected chi connectivity index (χ0v) is 15.9. The maximum atomic E-state index is 12.3. The summed E-state index contributed by atoms with van der Waals surface area (Å²) >= 11 is 2.39. The van der Waals surface area contributed by atoms with E-state index < -0.39 is 10.0 Å². The number of sulfonamides is 1. The van der Waals surface area contributed by atoms with Crippen molar-refractivity contribution < 1.29 is 13.2 Å². The van der Waals surface area contributed by atoms with Gasteiger partial charge in [0.05, 0.1) is 15.5 Å². The fourth-order valence-electron chi connectivity index (χ4n) is 2.04. The summed E-state index contributed by atoms with van der Waals surface area (Å²) < 4.78 is 25.7. The molecule has 0 atom stereocenters. The van der Waals surface area contributed by atoms with Gasteiger partial charge in [-0.1, -0.05) is 29.8 Å². The van der Waals surface area contributed by atoms with Gasteiger partial charge in [0.25, 0.3) is 5.91 Å². The van der Waals surface area contributed by atoms with Gasteiger partial charge in [-0.05, 0) is 20.0 Å². The van der Waals surface area contributed by atoms with Crippen LogP contribution >= 0.6 is 22.7 Å². The normalized spacial score (nSPS) is 11.4. The molecule has 3 rings (SSSR count). The van der Waals surface area contributed by atoms with Crippen LogP contribution in [0.1, 0.15) is 15.2 Å². The van der Waals surface area contributed by atoms with Crippen LogP contribution in [-0.2, 0) is 10.0 Å². The molecule has 0 aliphatic heterocycles. The fraction of sp³-hybridized carbons (Fsp3) is 0.125. The summed E-state index contributed by atoms with van der Waals surface area (Å²) in [5, 5.41) is 6.47. The predicted octanol–water partition coefficient (Wildman–Crippen LogP) is 3.34. The minimum Gasteiger partial charge on any atom is -0.297 e. The van der Waals surface area contributed by atoms with E-state index in [0.717, 1.165) is 28.2 Å². The quantitative estimate of drug-likeness (QED) is 0.696. The van der Waals surface area contributed by atoms with Gasteiger partial charge in [-0.15, -0.1) is 22.7 Å². The third-order valence-electron chi connectivity index (χ3n) is 3.45. The fourth-order valence-corrected chi connectivity index (χ4v) is 4.66. The molecule has 0 unspecified atom stereocenters. The summed E-state index contributed by atoms with van der Waals surface area (Å²) in [6.07, 6.45) is 0. The van der Waals surface area contributed by atoms with E-state index in [2.05, 4.69) is 15.0 Å². The van der Waals surface area contributed by atoms with Crippen molar-refractivity contribution in [1.29, 1.82) is 0 Å². The number of aromatic nitrogens is 1. The number of thiophene rings is 1. The highest BCUT2D eigenvalue weighted by Gasteiger charge is 2.18. The third-order valence-corrected chi connectivity index (χ3v) is 6.68. The number of rotatable bonds is 5. The van der Waals surface area contributed by atoms with Crippen molar-refractivity contribution in [2.45, 2.75) is 11.8 Å². The SMILES string of the molecule is CNS(=O)(=O)c1csc(C(=O)Nc2nc(-c3ccc(C)cc3)cs2)c1. The Kier molecular flexibility index (Phi) is 5.00. The summed E-state index contributed by atoms with van der Waals surface area (Å²) in [4.78, 5) is 17.1. The monoisotopic (exact) mass is 393 g/mol. The zero-order valence-electron chi connectivity index (χ0n) is 13.4. The van der Waals surface area contributed by atoms with Crippen LogP contribution in [0.3, 0.4) is 0 Å². The Morgan fingerprint density at radius 2 is 1.84 bits per heavy atom. The number of hydrogen-bond donors (Lipinski definition) is 2. The van der Waals surface area contributed by atoms with Gasteiger partial charge in [-0.3, -0.25) is 10.1 Å². The second kappa shape index (κ2) is 7.04. The van der Waals surface area contributed by atoms with E-state index in [9.17, 15) is 13.2 Å². The molecule has 6 nitrogen and oxygen atoms in total. The molecule has 1 aromatic carbocycles. The molecule has 3 aromatic rings. The number of thiazole rings is 1. The maximum Gasteiger partial charge on any atom is 0.267 e. The molecular weight excluding hydrogens is 378 g/mol. The summed E-state index contributed by atoms with van der Waals surface area (Å²) in [7, 11) is -2.22. The topological polar surface area (TPSA) is 88.2 Å². The highest BCUT2D eigenvalue weighted by atomic mass is 32.2. The van der Waals surface area contributed by atoms with E-state index in [0.29, 0.717) is 10.0 Å². The van der Waals surface area contributed by atoms with Crippen LogP contribution < -0.4 is 10.0 Å². The Labute approximate surface area is 153 Å². The van der Waals surface area contributed by atoms with E-state index in [4.69, 9.17) is 0 Å². The lowest BCUT2D eigenvalue weighted by molar-refractivity contribution is 0.103. The molecule has 0 bridgehead atoms. The van der Waals surface area contributed by atoms with Crippen molar-refractivity contribution in [3.05, 3.63) is 51.5 Å². The maximum absolute atomic E-state index is 12.3. The first-order chi connectivity index (χ1) is 11.9. The van der Waals surface area contributed by atoms with Crippen molar-refractivity contribution in [1.82, 2.24) is 9.71 Å². The van der Waals surface area contributed by atoms with E-state index in [-0.39, 0.29) is 10.8 Å². The molecule has 0 fully saturated rings. The molecule has 25 heavy (non-hydrogen) atoms. The number of aryl methyl sites for hydroxylation is 1. The van der Waals surface area contributed by atoms with Crippen LogP contribution in [0.5, 0.6) is 0 Å². The molecule has 2 heterocycles. The van der Waals surface area contributed by atoms with Gasteiger partial charge in [0.15, 0.2) is 5.13 Å². The Bertz CT molecular complexity index is 1000. The minimum atomic E-state index is -3.55. The molecule has 0 aliphatic carbocycles. The molecule has 9 heteroatoms. The summed E-state index contributed by atoms with van der Waals surface area (Å²) in [6.45, 7) is 2.01. The Morgan fingerprint density at radius 1 is 1.12 bits per heavy atom. The average molecular weight is 394 g/mol. The van der Waals surface area contributed by atoms with E-state index in [1.54, 1.807) is 0 Å². The first-order valence-corrected chi connectivity index (χ1v) is 10.5. The number of carbonyl (C=O) groups excluding carboxylic acids is 1. The highest BCUT2D eigenvalue weighted by Crippen LogP contribution is 2.26. The Hall–Kier alpha value is -2.07. The van der Waals surface area contributed by atoms with E-state index >= 15 is 0 Å². The smallest absolute Gasteiger partial charge is 0.267 e. The van der Waals surface area contributed by atoms with Gasteiger partial charge in [0.2, 0.25) is 10.0 Å². The number of amides is 1. The lowest BCUT2D eigenvalue weighted by Crippen LogP contribution is -2.18. The van der Waals surface area contributed by atoms with Crippen molar-refractivity contribution in [3.8, 4) is 11.3 Å². The Balaban J connectivity index is 1.75. The first kappa shape index (κ1) is 17.7. The summed E-state index contributed by atoms with van der Waals surface area (Å²) in [6, 6.07) is 9.30. The second-order valence-electron chi connectivity index (χ2n) is 5.21.